The Bertz CT molecular complexity index is 1090. The van der Waals surface area contributed by atoms with E-state index in [2.05, 4.69) is 47.6 Å². The summed E-state index contributed by atoms with van der Waals surface area (Å²) in [6.07, 6.45) is 4.99. The van der Waals surface area contributed by atoms with Crippen molar-refractivity contribution in [2.45, 2.75) is 134 Å². The van der Waals surface area contributed by atoms with E-state index >= 15 is 0 Å². The maximum atomic E-state index is 13.4. The number of carbonyl (C=O) groups is 1. The molecule has 1 aliphatic rings. The highest BCUT2D eigenvalue weighted by Crippen LogP contribution is 2.41. The number of hydrogen-bond acceptors (Lipinski definition) is 5. The van der Waals surface area contributed by atoms with Crippen LogP contribution in [0.4, 0.5) is 13.2 Å². The third kappa shape index (κ3) is 11.9. The number of allylic oxidation sites excluding steroid dienone is 2. The number of aliphatic carboxylic acids is 1. The molecule has 1 saturated carbocycles. The summed E-state index contributed by atoms with van der Waals surface area (Å²) >= 11 is 0. The van der Waals surface area contributed by atoms with E-state index in [0.29, 0.717) is 25.7 Å². The first-order chi connectivity index (χ1) is 21.8. The lowest BCUT2D eigenvalue weighted by atomic mass is 9.89. The van der Waals surface area contributed by atoms with E-state index in [-0.39, 0.29) is 36.7 Å². The van der Waals surface area contributed by atoms with Crippen molar-refractivity contribution in [3.8, 4) is 5.75 Å². The van der Waals surface area contributed by atoms with E-state index in [0.717, 1.165) is 48.4 Å². The normalized spacial score (nSPS) is 21.8. The molecule has 5 atom stereocenters. The minimum atomic E-state index is -4.46. The van der Waals surface area contributed by atoms with Crippen LogP contribution in [0.1, 0.15) is 79.2 Å². The van der Waals surface area contributed by atoms with Gasteiger partial charge in [-0.3, -0.25) is 4.79 Å². The number of aliphatic hydroxyl groups is 1. The van der Waals surface area contributed by atoms with Crippen LogP contribution in [0.3, 0.4) is 0 Å². The van der Waals surface area contributed by atoms with Crippen LogP contribution in [0.25, 0.3) is 0 Å². The summed E-state index contributed by atoms with van der Waals surface area (Å²) in [5.41, 5.74) is -0.758. The van der Waals surface area contributed by atoms with Crippen LogP contribution in [0.5, 0.6) is 5.75 Å². The van der Waals surface area contributed by atoms with Crippen LogP contribution in [0, 0.1) is 11.8 Å². The van der Waals surface area contributed by atoms with Crippen molar-refractivity contribution in [2.75, 3.05) is 6.61 Å². The summed E-state index contributed by atoms with van der Waals surface area (Å²) in [5.74, 6) is -0.849. The molecule has 0 spiro atoms. The third-order valence-electron chi connectivity index (χ3n) is 10.0. The molecule has 0 heterocycles. The quantitative estimate of drug-likeness (QED) is 0.0761. The topological polar surface area (TPSA) is 85.2 Å². The van der Waals surface area contributed by atoms with Gasteiger partial charge in [0, 0.05) is 12.3 Å². The summed E-state index contributed by atoms with van der Waals surface area (Å²) in [6.45, 7) is 13.0. The Morgan fingerprint density at radius 1 is 1.00 bits per heavy atom. The van der Waals surface area contributed by atoms with E-state index in [1.807, 2.05) is 18.2 Å². The molecule has 0 unspecified atom stereocenters. The van der Waals surface area contributed by atoms with E-state index in [1.165, 1.54) is 12.1 Å². The Hall–Kier alpha value is -1.93. The summed E-state index contributed by atoms with van der Waals surface area (Å²) in [4.78, 5) is 10.9. The van der Waals surface area contributed by atoms with Gasteiger partial charge in [0.15, 0.2) is 16.6 Å². The minimum Gasteiger partial charge on any atom is -0.491 e. The highest BCUT2D eigenvalue weighted by molar-refractivity contribution is 6.74. The first-order valence-corrected chi connectivity index (χ1v) is 22.3. The number of carboxylic acids is 1. The highest BCUT2D eigenvalue weighted by Gasteiger charge is 2.45. The molecule has 46 heavy (non-hydrogen) atoms. The van der Waals surface area contributed by atoms with Crippen molar-refractivity contribution in [3.63, 3.8) is 0 Å². The highest BCUT2D eigenvalue weighted by atomic mass is 28.4. The zero-order chi connectivity index (χ0) is 34.4. The molecule has 1 aromatic rings. The van der Waals surface area contributed by atoms with Gasteiger partial charge in [-0.15, -0.1) is 0 Å². The monoisotopic (exact) mass is 686 g/mol. The Labute approximate surface area is 276 Å². The first kappa shape index (κ1) is 40.2. The largest absolute Gasteiger partial charge is 0.491 e. The standard InChI is InChI=1S/C35H57F3O6Si2/c1-7-45(8-2,9-3)43-29(26-42-28-19-17-18-27(24-28)35(36,37)38)22-23-31-30(20-15-13-14-16-21-34(40)41)32(39)25-33(31)44-46(10-4,11-5)12-6/h13,15,17-19,22-24,29-33,39H,7-12,14,16,20-21,25-26H2,1-6H3,(H,40,41)/t29-,30-,31+,32-,33-/m1/s1. The van der Waals surface area contributed by atoms with Gasteiger partial charge in [-0.25, -0.2) is 0 Å². The van der Waals surface area contributed by atoms with E-state index < -0.39 is 46.6 Å². The third-order valence-corrected chi connectivity index (χ3v) is 19.4. The van der Waals surface area contributed by atoms with Crippen LogP contribution >= 0.6 is 0 Å². The lowest BCUT2D eigenvalue weighted by molar-refractivity contribution is -0.138. The van der Waals surface area contributed by atoms with Gasteiger partial charge < -0.3 is 23.8 Å². The molecule has 1 fully saturated rings. The maximum Gasteiger partial charge on any atom is 0.416 e. The van der Waals surface area contributed by atoms with Gasteiger partial charge in [-0.1, -0.05) is 71.9 Å². The molecule has 0 aliphatic heterocycles. The fourth-order valence-corrected chi connectivity index (χ4v) is 12.2. The summed E-state index contributed by atoms with van der Waals surface area (Å²) < 4.78 is 59.8. The number of halogens is 3. The number of unbranched alkanes of at least 4 members (excludes halogenated alkanes) is 1. The molecular formula is C35H57F3O6Si2. The number of rotatable bonds is 21. The first-order valence-electron chi connectivity index (χ1n) is 17.2. The summed E-state index contributed by atoms with van der Waals surface area (Å²) in [6, 6.07) is 10.6. The number of aliphatic hydroxyl groups excluding tert-OH is 1. The van der Waals surface area contributed by atoms with E-state index in [9.17, 15) is 23.1 Å². The SMILES string of the molecule is CC[Si](CC)(CC)O[C@H](C=C[C@H]1[C@@H](CC=CCCCC(=O)O)[C@H](O)C[C@H]1O[Si](CC)(CC)CC)COc1cccc(C(F)(F)F)c1. The van der Waals surface area contributed by atoms with Crippen LogP contribution in [0.15, 0.2) is 48.6 Å². The fraction of sp³-hybridized carbons (Fsp3) is 0.686. The van der Waals surface area contributed by atoms with Gasteiger partial charge in [0.2, 0.25) is 0 Å². The molecule has 2 rings (SSSR count). The Morgan fingerprint density at radius 3 is 2.20 bits per heavy atom. The molecule has 0 aromatic heterocycles. The minimum absolute atomic E-state index is 0.0685. The van der Waals surface area contributed by atoms with Crippen molar-refractivity contribution in [1.29, 1.82) is 0 Å². The van der Waals surface area contributed by atoms with Crippen LogP contribution in [-0.2, 0) is 19.8 Å². The molecule has 0 radical (unpaired) electrons. The van der Waals surface area contributed by atoms with Crippen molar-refractivity contribution >= 4 is 22.6 Å². The number of ether oxygens (including phenoxy) is 1. The van der Waals surface area contributed by atoms with Crippen molar-refractivity contribution in [1.82, 2.24) is 0 Å². The second kappa shape index (κ2) is 19.2. The zero-order valence-electron chi connectivity index (χ0n) is 28.7. The molecule has 2 N–H and O–H groups in total. The van der Waals surface area contributed by atoms with Gasteiger partial charge in [-0.2, -0.15) is 13.2 Å². The predicted molar refractivity (Wildman–Crippen MR) is 183 cm³/mol. The second-order valence-corrected chi connectivity index (χ2v) is 22.0. The van der Waals surface area contributed by atoms with Gasteiger partial charge in [0.1, 0.15) is 12.4 Å². The summed E-state index contributed by atoms with van der Waals surface area (Å²) in [7, 11) is -4.11. The Morgan fingerprint density at radius 2 is 1.63 bits per heavy atom. The van der Waals surface area contributed by atoms with Gasteiger partial charge >= 0.3 is 12.1 Å². The predicted octanol–water partition coefficient (Wildman–Crippen LogP) is 9.62. The van der Waals surface area contributed by atoms with Crippen molar-refractivity contribution in [2.24, 2.45) is 11.8 Å². The molecule has 0 bridgehead atoms. The van der Waals surface area contributed by atoms with Gasteiger partial charge in [0.05, 0.1) is 23.9 Å². The lowest BCUT2D eigenvalue weighted by Gasteiger charge is -2.35. The number of benzene rings is 1. The lowest BCUT2D eigenvalue weighted by Crippen LogP contribution is -2.42. The molecular weight excluding hydrogens is 630 g/mol. The van der Waals surface area contributed by atoms with E-state index in [1.54, 1.807) is 0 Å². The molecule has 0 amide bonds. The second-order valence-electron chi connectivity index (χ2n) is 12.6. The number of hydrogen-bond donors (Lipinski definition) is 2. The van der Waals surface area contributed by atoms with Crippen molar-refractivity contribution in [3.05, 3.63) is 54.1 Å². The van der Waals surface area contributed by atoms with E-state index in [4.69, 9.17) is 18.7 Å². The molecule has 11 heteroatoms. The number of alkyl halides is 3. The number of carboxylic acid groups (broad SMARTS) is 1. The van der Waals surface area contributed by atoms with Gasteiger partial charge in [-0.05, 0) is 86.1 Å². The van der Waals surface area contributed by atoms with Crippen LogP contribution in [0.2, 0.25) is 36.3 Å². The smallest absolute Gasteiger partial charge is 0.416 e. The molecule has 0 saturated heterocycles. The zero-order valence-corrected chi connectivity index (χ0v) is 30.7. The average molecular weight is 687 g/mol. The average Bonchev–Trinajstić information content (AvgIpc) is 3.33. The molecule has 1 aromatic carbocycles. The van der Waals surface area contributed by atoms with Crippen LogP contribution < -0.4 is 4.74 Å². The Balaban J connectivity index is 2.40. The fourth-order valence-electron chi connectivity index (χ4n) is 6.52. The Kier molecular flexibility index (Phi) is 16.8. The van der Waals surface area contributed by atoms with Gasteiger partial charge in [0.25, 0.3) is 0 Å². The maximum absolute atomic E-state index is 13.4. The molecule has 262 valence electrons. The summed E-state index contributed by atoms with van der Waals surface area (Å²) in [5, 5.41) is 20.2. The van der Waals surface area contributed by atoms with Crippen molar-refractivity contribution < 1.29 is 41.8 Å². The molecule has 6 nitrogen and oxygen atoms in total. The molecule has 1 aliphatic carbocycles. The van der Waals surface area contributed by atoms with Crippen LogP contribution in [-0.4, -0.2) is 57.7 Å².